The number of nitrogens with one attached hydrogen (secondary N) is 1. The summed E-state index contributed by atoms with van der Waals surface area (Å²) in [5.41, 5.74) is 0.276. The van der Waals surface area contributed by atoms with Crippen LogP contribution in [0, 0.1) is 29.1 Å². The van der Waals surface area contributed by atoms with Gasteiger partial charge in [-0.25, -0.2) is 0 Å². The van der Waals surface area contributed by atoms with E-state index >= 15 is 0 Å². The highest BCUT2D eigenvalue weighted by Gasteiger charge is 2.53. The summed E-state index contributed by atoms with van der Waals surface area (Å²) in [6.45, 7) is 4.71. The van der Waals surface area contributed by atoms with E-state index in [1.54, 1.807) is 0 Å². The van der Waals surface area contributed by atoms with Gasteiger partial charge in [0, 0.05) is 32.2 Å². The number of hydrogen-bond acceptors (Lipinski definition) is 4. The minimum Gasteiger partial charge on any atom is -0.379 e. The highest BCUT2D eigenvalue weighted by molar-refractivity contribution is 7.86. The van der Waals surface area contributed by atoms with Crippen molar-refractivity contribution >= 4 is 16.1 Å². The van der Waals surface area contributed by atoms with Crippen LogP contribution < -0.4 is 5.32 Å². The highest BCUT2D eigenvalue weighted by Crippen LogP contribution is 2.61. The van der Waals surface area contributed by atoms with Gasteiger partial charge < -0.3 is 10.1 Å². The van der Waals surface area contributed by atoms with E-state index in [1.807, 2.05) is 0 Å². The van der Waals surface area contributed by atoms with Crippen molar-refractivity contribution < 1.29 is 17.9 Å². The maximum Gasteiger partial charge on any atom is 0.282 e. The number of carbonyl (C=O) groups excluding carboxylic acids is 1. The van der Waals surface area contributed by atoms with Gasteiger partial charge in [-0.1, -0.05) is 0 Å². The number of carbonyl (C=O) groups is 1. The molecule has 0 aromatic carbocycles. The van der Waals surface area contributed by atoms with Crippen LogP contribution in [0.15, 0.2) is 0 Å². The van der Waals surface area contributed by atoms with Crippen LogP contribution in [0.3, 0.4) is 0 Å². The van der Waals surface area contributed by atoms with Crippen molar-refractivity contribution in [1.29, 1.82) is 0 Å². The minimum atomic E-state index is -3.51. The third-order valence-corrected chi connectivity index (χ3v) is 10.7. The summed E-state index contributed by atoms with van der Waals surface area (Å²) in [6.07, 6.45) is 9.51. The number of piperidine rings is 1. The molecule has 2 aliphatic heterocycles. The molecular weight excluding hydrogens is 402 g/mol. The zero-order chi connectivity index (χ0) is 20.9. The summed E-state index contributed by atoms with van der Waals surface area (Å²) in [5, 5.41) is 3.36. The second-order valence-electron chi connectivity index (χ2n) is 10.7. The van der Waals surface area contributed by atoms with Crippen LogP contribution in [-0.4, -0.2) is 68.4 Å². The van der Waals surface area contributed by atoms with Crippen molar-refractivity contribution in [1.82, 2.24) is 13.9 Å². The number of hydrogen-bond donors (Lipinski definition) is 1. The van der Waals surface area contributed by atoms with Gasteiger partial charge in [-0.3, -0.25) is 4.79 Å². The number of morpholine rings is 1. The molecular formula is C22H37N3O4S. The summed E-state index contributed by atoms with van der Waals surface area (Å²) in [4.78, 5) is 13.2. The lowest BCUT2D eigenvalue weighted by molar-refractivity contribution is -0.130. The van der Waals surface area contributed by atoms with Gasteiger partial charge in [0.1, 0.15) is 0 Å². The predicted octanol–water partition coefficient (Wildman–Crippen LogP) is 2.00. The van der Waals surface area contributed by atoms with Gasteiger partial charge in [-0.15, -0.1) is 0 Å². The largest absolute Gasteiger partial charge is 0.379 e. The number of ether oxygens (including phenoxy) is 1. The van der Waals surface area contributed by atoms with E-state index in [0.717, 1.165) is 30.6 Å². The SMILES string of the molecule is C[C@H](NC(=O)[C@@H]1CCCN(S(=O)(=O)N2CCOCC2)C1)C12CC3CC(CC(C3)C1)C2. The minimum absolute atomic E-state index is 0.0557. The molecule has 4 saturated carbocycles. The van der Waals surface area contributed by atoms with E-state index in [2.05, 4.69) is 12.2 Å². The molecule has 2 atom stereocenters. The van der Waals surface area contributed by atoms with Gasteiger partial charge in [0.25, 0.3) is 10.2 Å². The number of nitrogens with zero attached hydrogens (tertiary/aromatic N) is 2. The Kier molecular flexibility index (Phi) is 5.65. The lowest BCUT2D eigenvalue weighted by Crippen LogP contribution is -2.58. The molecule has 2 saturated heterocycles. The van der Waals surface area contributed by atoms with E-state index in [1.165, 1.54) is 47.1 Å². The Balaban J connectivity index is 1.22. The highest BCUT2D eigenvalue weighted by atomic mass is 32.2. The molecule has 0 radical (unpaired) electrons. The summed E-state index contributed by atoms with van der Waals surface area (Å²) in [6, 6.07) is 0.185. The Morgan fingerprint density at radius 1 is 1.00 bits per heavy atom. The van der Waals surface area contributed by atoms with E-state index in [4.69, 9.17) is 4.74 Å². The molecule has 170 valence electrons. The molecule has 0 spiro atoms. The van der Waals surface area contributed by atoms with Crippen LogP contribution in [0.1, 0.15) is 58.3 Å². The zero-order valence-corrected chi connectivity index (χ0v) is 19.0. The van der Waals surface area contributed by atoms with Crippen molar-refractivity contribution in [3.63, 3.8) is 0 Å². The second-order valence-corrected chi connectivity index (χ2v) is 12.7. The van der Waals surface area contributed by atoms with Crippen LogP contribution >= 0.6 is 0 Å². The predicted molar refractivity (Wildman–Crippen MR) is 114 cm³/mol. The summed E-state index contributed by atoms with van der Waals surface area (Å²) in [5.74, 6) is 2.39. The lowest BCUT2D eigenvalue weighted by atomic mass is 9.48. The van der Waals surface area contributed by atoms with Gasteiger partial charge in [0.05, 0.1) is 19.1 Å². The van der Waals surface area contributed by atoms with Gasteiger partial charge >= 0.3 is 0 Å². The van der Waals surface area contributed by atoms with Crippen LogP contribution in [0.25, 0.3) is 0 Å². The fourth-order valence-electron chi connectivity index (χ4n) is 7.50. The quantitative estimate of drug-likeness (QED) is 0.711. The van der Waals surface area contributed by atoms with Gasteiger partial charge in [0.15, 0.2) is 0 Å². The third-order valence-electron chi connectivity index (χ3n) is 8.74. The molecule has 1 N–H and O–H groups in total. The van der Waals surface area contributed by atoms with Crippen LogP contribution in [-0.2, 0) is 19.7 Å². The first-order valence-corrected chi connectivity index (χ1v) is 13.4. The summed E-state index contributed by atoms with van der Waals surface area (Å²) in [7, 11) is -3.51. The molecule has 0 aromatic rings. The Morgan fingerprint density at radius 3 is 2.20 bits per heavy atom. The molecule has 4 aliphatic carbocycles. The molecule has 7 nitrogen and oxygen atoms in total. The van der Waals surface area contributed by atoms with E-state index in [9.17, 15) is 13.2 Å². The number of amides is 1. The monoisotopic (exact) mass is 439 g/mol. The van der Waals surface area contributed by atoms with Gasteiger partial charge in [-0.2, -0.15) is 17.0 Å². The fourth-order valence-corrected chi connectivity index (χ4v) is 9.16. The average Bonchev–Trinajstić information content (AvgIpc) is 2.73. The molecule has 6 aliphatic rings. The Labute approximate surface area is 181 Å². The normalized spacial score (nSPS) is 41.0. The maximum atomic E-state index is 13.2. The summed E-state index contributed by atoms with van der Waals surface area (Å²) < 4.78 is 34.4. The van der Waals surface area contributed by atoms with Crippen molar-refractivity contribution in [3.8, 4) is 0 Å². The third kappa shape index (κ3) is 3.82. The molecule has 6 rings (SSSR count). The molecule has 4 bridgehead atoms. The topological polar surface area (TPSA) is 79.0 Å². The van der Waals surface area contributed by atoms with E-state index in [0.29, 0.717) is 39.4 Å². The van der Waals surface area contributed by atoms with Crippen molar-refractivity contribution in [2.75, 3.05) is 39.4 Å². The standard InChI is InChI=1S/C22H37N3O4S/c1-16(22-12-17-9-18(13-22)11-19(10-17)14-22)23-21(26)20-3-2-4-25(15-20)30(27,28)24-5-7-29-8-6-24/h16-20H,2-15H2,1H3,(H,23,26)/t16-,17?,18?,19?,20+,22?/m0/s1. The zero-order valence-electron chi connectivity index (χ0n) is 18.2. The molecule has 2 heterocycles. The molecule has 6 fully saturated rings. The summed E-state index contributed by atoms with van der Waals surface area (Å²) >= 11 is 0. The van der Waals surface area contributed by atoms with Crippen molar-refractivity contribution in [2.45, 2.75) is 64.3 Å². The van der Waals surface area contributed by atoms with E-state index < -0.39 is 10.2 Å². The van der Waals surface area contributed by atoms with Gasteiger partial charge in [0.2, 0.25) is 5.91 Å². The van der Waals surface area contributed by atoms with E-state index in [-0.39, 0.29) is 23.3 Å². The Hall–Kier alpha value is -0.700. The first-order valence-electron chi connectivity index (χ1n) is 12.0. The smallest absolute Gasteiger partial charge is 0.282 e. The van der Waals surface area contributed by atoms with Crippen LogP contribution in [0.4, 0.5) is 0 Å². The Morgan fingerprint density at radius 2 is 1.60 bits per heavy atom. The molecule has 8 heteroatoms. The molecule has 0 unspecified atom stereocenters. The lowest BCUT2D eigenvalue weighted by Gasteiger charge is -2.59. The molecule has 30 heavy (non-hydrogen) atoms. The average molecular weight is 440 g/mol. The molecule has 0 aromatic heterocycles. The van der Waals surface area contributed by atoms with Crippen LogP contribution in [0.5, 0.6) is 0 Å². The van der Waals surface area contributed by atoms with Crippen molar-refractivity contribution in [2.24, 2.45) is 29.1 Å². The first kappa shape index (κ1) is 21.2. The van der Waals surface area contributed by atoms with Gasteiger partial charge in [-0.05, 0) is 81.5 Å². The molecule has 1 amide bonds. The first-order chi connectivity index (χ1) is 14.4. The second kappa shape index (κ2) is 8.01. The Bertz CT molecular complexity index is 729. The van der Waals surface area contributed by atoms with Crippen LogP contribution in [0.2, 0.25) is 0 Å². The number of rotatable bonds is 5. The fraction of sp³-hybridized carbons (Fsp3) is 0.955. The maximum absolute atomic E-state index is 13.2. The van der Waals surface area contributed by atoms with Crippen molar-refractivity contribution in [3.05, 3.63) is 0 Å².